The number of nitrogens with one attached hydrogen (secondary N) is 1. The second kappa shape index (κ2) is 11.0. The van der Waals surface area contributed by atoms with Gasteiger partial charge < -0.3 is 9.47 Å². The molecular weight excluding hydrogens is 462 g/mol. The summed E-state index contributed by atoms with van der Waals surface area (Å²) in [6.45, 7) is 4.29. The Balaban J connectivity index is 1.60. The van der Waals surface area contributed by atoms with Crippen molar-refractivity contribution in [3.63, 3.8) is 0 Å². The van der Waals surface area contributed by atoms with Gasteiger partial charge in [-0.3, -0.25) is 14.9 Å². The molecule has 0 radical (unpaired) electrons. The molecule has 36 heavy (non-hydrogen) atoms. The highest BCUT2D eigenvalue weighted by atomic mass is 16.6. The number of aryl methyl sites for hydroxylation is 1. The number of para-hydroxylation sites is 1. The van der Waals surface area contributed by atoms with Gasteiger partial charge >= 0.3 is 0 Å². The van der Waals surface area contributed by atoms with Crippen LogP contribution in [0.4, 0.5) is 5.69 Å². The Hall–Kier alpha value is -4.99. The zero-order valence-electron chi connectivity index (χ0n) is 19.6. The highest BCUT2D eigenvalue weighted by molar-refractivity contribution is 5.95. The number of nitro groups is 1. The van der Waals surface area contributed by atoms with Gasteiger partial charge in [0.25, 0.3) is 11.6 Å². The second-order valence-corrected chi connectivity index (χ2v) is 7.56. The number of hydrazone groups is 1. The number of amides is 1. The van der Waals surface area contributed by atoms with Gasteiger partial charge in [-0.1, -0.05) is 18.2 Å². The number of hydrogen-bond acceptors (Lipinski definition) is 7. The monoisotopic (exact) mass is 485 g/mol. The Morgan fingerprint density at radius 3 is 2.36 bits per heavy atom. The summed E-state index contributed by atoms with van der Waals surface area (Å²) in [5.41, 5.74) is 4.56. The minimum atomic E-state index is -0.529. The van der Waals surface area contributed by atoms with Crippen LogP contribution in [0.2, 0.25) is 0 Å². The molecule has 0 saturated heterocycles. The Morgan fingerprint density at radius 1 is 1.06 bits per heavy atom. The Bertz CT molecular complexity index is 1380. The summed E-state index contributed by atoms with van der Waals surface area (Å²) in [7, 11) is 0. The van der Waals surface area contributed by atoms with Gasteiger partial charge in [0.05, 0.1) is 34.7 Å². The molecule has 0 unspecified atom stereocenters. The molecule has 1 aromatic heterocycles. The average Bonchev–Trinajstić information content (AvgIpc) is 3.20. The van der Waals surface area contributed by atoms with Crippen molar-refractivity contribution in [2.75, 3.05) is 6.61 Å². The number of rotatable bonds is 9. The second-order valence-electron chi connectivity index (χ2n) is 7.56. The van der Waals surface area contributed by atoms with Gasteiger partial charge in [0.2, 0.25) is 5.88 Å². The fourth-order valence-electron chi connectivity index (χ4n) is 3.35. The number of benzene rings is 3. The van der Waals surface area contributed by atoms with Gasteiger partial charge in [0.1, 0.15) is 11.5 Å². The van der Waals surface area contributed by atoms with Crippen molar-refractivity contribution < 1.29 is 19.2 Å². The molecule has 0 saturated carbocycles. The number of nitrogens with zero attached hydrogens (tertiary/aromatic N) is 4. The number of carbonyl (C=O) groups excluding carboxylic acids is 1. The summed E-state index contributed by atoms with van der Waals surface area (Å²) in [5, 5.41) is 19.5. The van der Waals surface area contributed by atoms with Crippen LogP contribution in [0.15, 0.2) is 84.0 Å². The van der Waals surface area contributed by atoms with E-state index in [1.807, 2.05) is 56.3 Å². The maximum Gasteiger partial charge on any atom is 0.271 e. The van der Waals surface area contributed by atoms with Crippen molar-refractivity contribution in [3.05, 3.63) is 106 Å². The van der Waals surface area contributed by atoms with Crippen molar-refractivity contribution in [2.24, 2.45) is 5.10 Å². The molecule has 4 rings (SSSR count). The van der Waals surface area contributed by atoms with E-state index in [1.165, 1.54) is 30.5 Å². The van der Waals surface area contributed by atoms with Crippen LogP contribution < -0.4 is 14.9 Å². The first-order valence-corrected chi connectivity index (χ1v) is 11.1. The van der Waals surface area contributed by atoms with Crippen LogP contribution in [-0.2, 0) is 0 Å². The Morgan fingerprint density at radius 2 is 1.72 bits per heavy atom. The molecule has 3 aromatic carbocycles. The van der Waals surface area contributed by atoms with Gasteiger partial charge in [-0.25, -0.2) is 5.43 Å². The first-order chi connectivity index (χ1) is 17.5. The zero-order chi connectivity index (χ0) is 25.5. The molecular formula is C26H23N5O5. The van der Waals surface area contributed by atoms with Crippen LogP contribution in [0.5, 0.6) is 17.4 Å². The van der Waals surface area contributed by atoms with Crippen molar-refractivity contribution in [2.45, 2.75) is 13.8 Å². The molecule has 0 fully saturated rings. The molecule has 4 aromatic rings. The number of carbonyl (C=O) groups is 1. The lowest BCUT2D eigenvalue weighted by molar-refractivity contribution is -0.384. The lowest BCUT2D eigenvalue weighted by Gasteiger charge is -2.11. The Kier molecular flexibility index (Phi) is 7.35. The lowest BCUT2D eigenvalue weighted by atomic mass is 10.2. The molecule has 10 nitrogen and oxygen atoms in total. The minimum Gasteiger partial charge on any atom is -0.494 e. The molecule has 10 heteroatoms. The predicted octanol–water partition coefficient (Wildman–Crippen LogP) is 5.04. The van der Waals surface area contributed by atoms with E-state index in [4.69, 9.17) is 9.47 Å². The molecule has 1 amide bonds. The summed E-state index contributed by atoms with van der Waals surface area (Å²) in [4.78, 5) is 22.7. The fraction of sp³-hybridized carbons (Fsp3) is 0.115. The molecule has 1 N–H and O–H groups in total. The zero-order valence-corrected chi connectivity index (χ0v) is 19.6. The maximum atomic E-state index is 12.4. The van der Waals surface area contributed by atoms with Crippen LogP contribution in [0.25, 0.3) is 5.69 Å². The predicted molar refractivity (Wildman–Crippen MR) is 134 cm³/mol. The molecule has 0 atom stereocenters. The average molecular weight is 486 g/mol. The van der Waals surface area contributed by atoms with Gasteiger partial charge in [-0.05, 0) is 62.4 Å². The number of non-ortho nitro benzene ring substituents is 1. The van der Waals surface area contributed by atoms with E-state index in [0.29, 0.717) is 29.5 Å². The van der Waals surface area contributed by atoms with Gasteiger partial charge in [-0.15, -0.1) is 0 Å². The van der Waals surface area contributed by atoms with Crippen molar-refractivity contribution in [3.8, 4) is 23.1 Å². The quantitative estimate of drug-likeness (QED) is 0.201. The van der Waals surface area contributed by atoms with Gasteiger partial charge in [0.15, 0.2) is 0 Å². The topological polar surface area (TPSA) is 121 Å². The van der Waals surface area contributed by atoms with Crippen LogP contribution >= 0.6 is 0 Å². The van der Waals surface area contributed by atoms with Crippen LogP contribution in [0, 0.1) is 17.0 Å². The molecule has 0 aliphatic carbocycles. The summed E-state index contributed by atoms with van der Waals surface area (Å²) in [6, 6.07) is 21.9. The minimum absolute atomic E-state index is 0.102. The summed E-state index contributed by atoms with van der Waals surface area (Å²) < 4.78 is 13.4. The summed E-state index contributed by atoms with van der Waals surface area (Å²) in [6.07, 6.45) is 1.45. The molecule has 0 spiro atoms. The van der Waals surface area contributed by atoms with E-state index in [-0.39, 0.29) is 11.3 Å². The van der Waals surface area contributed by atoms with E-state index < -0.39 is 10.8 Å². The third-order valence-corrected chi connectivity index (χ3v) is 5.11. The van der Waals surface area contributed by atoms with Crippen molar-refractivity contribution in [1.29, 1.82) is 0 Å². The summed E-state index contributed by atoms with van der Waals surface area (Å²) >= 11 is 0. The van der Waals surface area contributed by atoms with E-state index in [2.05, 4.69) is 15.6 Å². The number of hydrogen-bond donors (Lipinski definition) is 1. The van der Waals surface area contributed by atoms with E-state index >= 15 is 0 Å². The van der Waals surface area contributed by atoms with Crippen LogP contribution in [-0.4, -0.2) is 33.4 Å². The van der Waals surface area contributed by atoms with Gasteiger partial charge in [-0.2, -0.15) is 14.9 Å². The van der Waals surface area contributed by atoms with E-state index in [0.717, 1.165) is 11.4 Å². The highest BCUT2D eigenvalue weighted by Crippen LogP contribution is 2.30. The lowest BCUT2D eigenvalue weighted by Crippen LogP contribution is -2.17. The third kappa shape index (κ3) is 5.55. The van der Waals surface area contributed by atoms with E-state index in [9.17, 15) is 14.9 Å². The molecule has 0 aliphatic rings. The first-order valence-electron chi connectivity index (χ1n) is 11.1. The maximum absolute atomic E-state index is 12.4. The van der Waals surface area contributed by atoms with Gasteiger partial charge in [0, 0.05) is 17.7 Å². The van der Waals surface area contributed by atoms with Crippen LogP contribution in [0.1, 0.15) is 28.5 Å². The van der Waals surface area contributed by atoms with Crippen LogP contribution in [0.3, 0.4) is 0 Å². The third-order valence-electron chi connectivity index (χ3n) is 5.11. The van der Waals surface area contributed by atoms with Crippen molar-refractivity contribution >= 4 is 17.8 Å². The van der Waals surface area contributed by atoms with Crippen molar-refractivity contribution in [1.82, 2.24) is 15.2 Å². The molecule has 182 valence electrons. The molecule has 0 bridgehead atoms. The highest BCUT2D eigenvalue weighted by Gasteiger charge is 2.18. The Labute approximate surface area is 206 Å². The standard InChI is InChI=1S/C26H23N5O5/c1-3-35-22-13-15-23(16-14-22)36-26-24(18(2)29-30(26)20-7-5-4-6-8-20)17-27-28-25(32)19-9-11-21(12-10-19)31(33)34/h4-17H,3H2,1-2H3,(H,28,32)/b27-17+. The number of aromatic nitrogens is 2. The normalized spacial score (nSPS) is 10.8. The number of nitro benzene ring substituents is 1. The fourth-order valence-corrected chi connectivity index (χ4v) is 3.35. The largest absolute Gasteiger partial charge is 0.494 e. The summed E-state index contributed by atoms with van der Waals surface area (Å²) in [5.74, 6) is 1.20. The SMILES string of the molecule is CCOc1ccc(Oc2c(/C=N/NC(=O)c3ccc([N+](=O)[O-])cc3)c(C)nn2-c2ccccc2)cc1. The smallest absolute Gasteiger partial charge is 0.271 e. The number of ether oxygens (including phenoxy) is 2. The first kappa shape index (κ1) is 24.1. The molecule has 1 heterocycles. The molecule has 0 aliphatic heterocycles. The van der Waals surface area contributed by atoms with E-state index in [1.54, 1.807) is 16.8 Å².